The Kier molecular flexibility index (Phi) is 8.50. The van der Waals surface area contributed by atoms with Crippen LogP contribution in [-0.2, 0) is 8.85 Å². The lowest BCUT2D eigenvalue weighted by molar-refractivity contribution is 0.0363. The molecule has 1 aromatic rings. The first-order valence-electron chi connectivity index (χ1n) is 8.74. The first-order valence-corrected chi connectivity index (χ1v) is 16.3. The first kappa shape index (κ1) is 22.2. The number of benzene rings is 1. The predicted octanol–water partition coefficient (Wildman–Crippen LogP) is 7.30. The van der Waals surface area contributed by atoms with Crippen LogP contribution in [0.5, 0.6) is 0 Å². The fourth-order valence-corrected chi connectivity index (χ4v) is 5.41. The Balaban J connectivity index is 3.31. The van der Waals surface area contributed by atoms with Crippen LogP contribution in [0, 0.1) is 0 Å². The smallest absolute Gasteiger partial charge is 0.184 e. The van der Waals surface area contributed by atoms with Gasteiger partial charge in [-0.15, -0.1) is 0 Å². The van der Waals surface area contributed by atoms with Gasteiger partial charge < -0.3 is 8.85 Å². The minimum Gasteiger partial charge on any atom is -0.412 e. The molecule has 0 amide bonds. The van der Waals surface area contributed by atoms with Gasteiger partial charge in [-0.1, -0.05) is 49.0 Å². The van der Waals surface area contributed by atoms with E-state index in [1.807, 2.05) is 18.2 Å². The van der Waals surface area contributed by atoms with Gasteiger partial charge in [0.15, 0.2) is 16.6 Å². The van der Waals surface area contributed by atoms with Gasteiger partial charge in [-0.3, -0.25) is 0 Å². The molecule has 0 radical (unpaired) electrons. The quantitative estimate of drug-likeness (QED) is 0.400. The molecule has 0 heterocycles. The largest absolute Gasteiger partial charge is 0.412 e. The second kappa shape index (κ2) is 9.20. The van der Waals surface area contributed by atoms with Crippen molar-refractivity contribution in [3.63, 3.8) is 0 Å². The molecule has 2 atom stereocenters. The SMILES string of the molecule is CCCC[C@@H](O[Si](C)(C)C)C(O[Si](C)(C)C)c1c(Cl)cccc1Cl. The summed E-state index contributed by atoms with van der Waals surface area (Å²) in [6.07, 6.45) is 2.96. The third kappa shape index (κ3) is 7.58. The highest BCUT2D eigenvalue weighted by Gasteiger charge is 2.35. The molecule has 0 aliphatic carbocycles. The highest BCUT2D eigenvalue weighted by atomic mass is 35.5. The lowest BCUT2D eigenvalue weighted by Crippen LogP contribution is -2.40. The Labute approximate surface area is 160 Å². The van der Waals surface area contributed by atoms with Crippen LogP contribution in [0.3, 0.4) is 0 Å². The molecule has 1 unspecified atom stereocenters. The summed E-state index contributed by atoms with van der Waals surface area (Å²) < 4.78 is 13.1. The molecule has 0 aliphatic heterocycles. The molecular weight excluding hydrogens is 375 g/mol. The second-order valence-electron chi connectivity index (χ2n) is 8.20. The van der Waals surface area contributed by atoms with E-state index < -0.39 is 16.6 Å². The first-order chi connectivity index (χ1) is 10.9. The van der Waals surface area contributed by atoms with Crippen LogP contribution >= 0.6 is 23.2 Å². The van der Waals surface area contributed by atoms with E-state index in [9.17, 15) is 0 Å². The van der Waals surface area contributed by atoms with Gasteiger partial charge >= 0.3 is 0 Å². The molecule has 0 N–H and O–H groups in total. The number of unbranched alkanes of at least 4 members (excludes halogenated alkanes) is 1. The molecular formula is C18H32Cl2O2Si2. The number of halogens is 2. The lowest BCUT2D eigenvalue weighted by Gasteiger charge is -2.37. The van der Waals surface area contributed by atoms with E-state index in [-0.39, 0.29) is 12.2 Å². The van der Waals surface area contributed by atoms with Gasteiger partial charge in [0, 0.05) is 15.6 Å². The van der Waals surface area contributed by atoms with Gasteiger partial charge in [-0.25, -0.2) is 0 Å². The van der Waals surface area contributed by atoms with E-state index in [0.29, 0.717) is 10.0 Å². The lowest BCUT2D eigenvalue weighted by atomic mass is 10.00. The highest BCUT2D eigenvalue weighted by Crippen LogP contribution is 2.39. The van der Waals surface area contributed by atoms with Crippen LogP contribution in [0.1, 0.15) is 37.9 Å². The van der Waals surface area contributed by atoms with Gasteiger partial charge in [-0.05, 0) is 57.8 Å². The minimum atomic E-state index is -1.81. The Morgan fingerprint density at radius 1 is 0.917 bits per heavy atom. The maximum atomic E-state index is 6.56. The number of hydrogen-bond donors (Lipinski definition) is 0. The van der Waals surface area contributed by atoms with E-state index in [4.69, 9.17) is 32.1 Å². The van der Waals surface area contributed by atoms with Crippen LogP contribution < -0.4 is 0 Å². The summed E-state index contributed by atoms with van der Waals surface area (Å²) in [6.45, 7) is 15.4. The summed E-state index contributed by atoms with van der Waals surface area (Å²) in [5.41, 5.74) is 0.877. The summed E-state index contributed by atoms with van der Waals surface area (Å²) in [6, 6.07) is 5.64. The van der Waals surface area contributed by atoms with Crippen molar-refractivity contribution in [2.75, 3.05) is 0 Å². The molecule has 1 aromatic carbocycles. The van der Waals surface area contributed by atoms with E-state index in [0.717, 1.165) is 24.8 Å². The fourth-order valence-electron chi connectivity index (χ4n) is 2.62. The Bertz CT molecular complexity index is 504. The van der Waals surface area contributed by atoms with Crippen molar-refractivity contribution >= 4 is 39.8 Å². The summed E-state index contributed by atoms with van der Waals surface area (Å²) in [5, 5.41) is 1.32. The zero-order valence-electron chi connectivity index (χ0n) is 16.1. The van der Waals surface area contributed by atoms with Gasteiger partial charge in [-0.2, -0.15) is 0 Å². The molecule has 0 fully saturated rings. The van der Waals surface area contributed by atoms with E-state index in [1.54, 1.807) is 0 Å². The standard InChI is InChI=1S/C18H32Cl2O2Si2/c1-8-9-13-16(21-23(2,3)4)18(22-24(5,6)7)17-14(19)11-10-12-15(17)20/h10-12,16,18H,8-9,13H2,1-7H3/t16-,18?/m1/s1. The molecule has 138 valence electrons. The minimum absolute atomic E-state index is 0.0132. The van der Waals surface area contributed by atoms with Crippen molar-refractivity contribution in [2.45, 2.75) is 77.7 Å². The normalized spacial score (nSPS) is 15.4. The highest BCUT2D eigenvalue weighted by molar-refractivity contribution is 6.70. The molecule has 0 aromatic heterocycles. The van der Waals surface area contributed by atoms with Crippen molar-refractivity contribution in [1.29, 1.82) is 0 Å². The van der Waals surface area contributed by atoms with Gasteiger partial charge in [0.1, 0.15) is 0 Å². The molecule has 0 bridgehead atoms. The molecule has 0 saturated carbocycles. The molecule has 24 heavy (non-hydrogen) atoms. The number of rotatable bonds is 9. The Morgan fingerprint density at radius 3 is 1.83 bits per heavy atom. The van der Waals surface area contributed by atoms with Gasteiger partial charge in [0.2, 0.25) is 0 Å². The fraction of sp³-hybridized carbons (Fsp3) is 0.667. The maximum absolute atomic E-state index is 6.56. The summed E-state index contributed by atoms with van der Waals surface area (Å²) >= 11 is 13.0. The van der Waals surface area contributed by atoms with Gasteiger partial charge in [0.25, 0.3) is 0 Å². The zero-order chi connectivity index (χ0) is 18.5. The average Bonchev–Trinajstić information content (AvgIpc) is 2.39. The van der Waals surface area contributed by atoms with Crippen LogP contribution in [0.2, 0.25) is 49.3 Å². The van der Waals surface area contributed by atoms with E-state index in [2.05, 4.69) is 46.2 Å². The third-order valence-corrected chi connectivity index (χ3v) is 6.08. The Morgan fingerprint density at radius 2 is 1.42 bits per heavy atom. The Hall–Kier alpha value is 0.154. The third-order valence-electron chi connectivity index (χ3n) is 3.45. The van der Waals surface area contributed by atoms with Crippen molar-refractivity contribution in [3.05, 3.63) is 33.8 Å². The molecule has 0 aliphatic rings. The average molecular weight is 408 g/mol. The molecule has 6 heteroatoms. The maximum Gasteiger partial charge on any atom is 0.184 e. The van der Waals surface area contributed by atoms with Crippen LogP contribution in [0.4, 0.5) is 0 Å². The van der Waals surface area contributed by atoms with Gasteiger partial charge in [0.05, 0.1) is 12.2 Å². The molecule has 1 rings (SSSR count). The zero-order valence-corrected chi connectivity index (χ0v) is 19.6. The van der Waals surface area contributed by atoms with Crippen molar-refractivity contribution in [3.8, 4) is 0 Å². The van der Waals surface area contributed by atoms with E-state index >= 15 is 0 Å². The van der Waals surface area contributed by atoms with E-state index in [1.165, 1.54) is 0 Å². The van der Waals surface area contributed by atoms with Crippen LogP contribution in [-0.4, -0.2) is 22.7 Å². The van der Waals surface area contributed by atoms with Crippen LogP contribution in [0.25, 0.3) is 0 Å². The summed E-state index contributed by atoms with van der Waals surface area (Å²) in [5.74, 6) is 0. The van der Waals surface area contributed by atoms with Crippen molar-refractivity contribution < 1.29 is 8.85 Å². The summed E-state index contributed by atoms with van der Waals surface area (Å²) in [7, 11) is -3.53. The number of hydrogen-bond acceptors (Lipinski definition) is 2. The predicted molar refractivity (Wildman–Crippen MR) is 111 cm³/mol. The van der Waals surface area contributed by atoms with Crippen molar-refractivity contribution in [2.24, 2.45) is 0 Å². The second-order valence-corrected chi connectivity index (χ2v) is 17.9. The summed E-state index contributed by atoms with van der Waals surface area (Å²) in [4.78, 5) is 0. The molecule has 0 saturated heterocycles. The van der Waals surface area contributed by atoms with Crippen molar-refractivity contribution in [1.82, 2.24) is 0 Å². The topological polar surface area (TPSA) is 18.5 Å². The molecule has 0 spiro atoms. The van der Waals surface area contributed by atoms with Crippen LogP contribution in [0.15, 0.2) is 18.2 Å². The molecule has 2 nitrogen and oxygen atoms in total. The monoisotopic (exact) mass is 406 g/mol.